The number of nitrogens with zero attached hydrogens (tertiary/aromatic N) is 1. The molecule has 2 aliphatic heterocycles. The van der Waals surface area contributed by atoms with E-state index < -0.39 is 0 Å². The lowest BCUT2D eigenvalue weighted by Gasteiger charge is -2.38. The molecular weight excluding hydrogens is 154 g/mol. The fourth-order valence-corrected chi connectivity index (χ4v) is 2.16. The minimum atomic E-state index is 0.270. The number of hydrogen-bond acceptors (Lipinski definition) is 3. The van der Waals surface area contributed by atoms with Crippen LogP contribution in [0.5, 0.6) is 0 Å². The fourth-order valence-electron chi connectivity index (χ4n) is 2.16. The van der Waals surface area contributed by atoms with Gasteiger partial charge in [0.1, 0.15) is 6.61 Å². The third-order valence-corrected chi connectivity index (χ3v) is 2.82. The van der Waals surface area contributed by atoms with Crippen molar-refractivity contribution in [3.05, 3.63) is 0 Å². The SMILES string of the molecule is CN1CC[C@H]2OCC(=O)C[C@@H]2C1. The van der Waals surface area contributed by atoms with Crippen LogP contribution in [0.4, 0.5) is 0 Å². The predicted molar refractivity (Wildman–Crippen MR) is 45.0 cm³/mol. The quantitative estimate of drug-likeness (QED) is 0.522. The van der Waals surface area contributed by atoms with Crippen LogP contribution in [0.3, 0.4) is 0 Å². The highest BCUT2D eigenvalue weighted by Gasteiger charge is 2.33. The summed E-state index contributed by atoms with van der Waals surface area (Å²) >= 11 is 0. The average Bonchev–Trinajstić information content (AvgIpc) is 2.03. The van der Waals surface area contributed by atoms with Crippen LogP contribution in [0.2, 0.25) is 0 Å². The Morgan fingerprint density at radius 3 is 3.25 bits per heavy atom. The Kier molecular flexibility index (Phi) is 2.15. The number of ether oxygens (including phenoxy) is 1. The van der Waals surface area contributed by atoms with Crippen LogP contribution in [-0.2, 0) is 9.53 Å². The highest BCUT2D eigenvalue weighted by molar-refractivity contribution is 5.80. The zero-order valence-corrected chi connectivity index (χ0v) is 7.45. The van der Waals surface area contributed by atoms with Crippen LogP contribution in [0, 0.1) is 5.92 Å². The first kappa shape index (κ1) is 8.20. The number of carbonyl (C=O) groups excluding carboxylic acids is 1. The third-order valence-electron chi connectivity index (χ3n) is 2.82. The van der Waals surface area contributed by atoms with E-state index in [1.807, 2.05) is 0 Å². The Balaban J connectivity index is 1.99. The third kappa shape index (κ3) is 1.52. The van der Waals surface area contributed by atoms with E-state index in [-0.39, 0.29) is 5.78 Å². The van der Waals surface area contributed by atoms with E-state index >= 15 is 0 Å². The Bertz CT molecular complexity index is 193. The summed E-state index contributed by atoms with van der Waals surface area (Å²) in [6.45, 7) is 2.48. The Labute approximate surface area is 72.7 Å². The van der Waals surface area contributed by atoms with Gasteiger partial charge in [0, 0.05) is 25.4 Å². The lowest BCUT2D eigenvalue weighted by Crippen LogP contribution is -2.46. The molecule has 0 unspecified atom stereocenters. The summed E-state index contributed by atoms with van der Waals surface area (Å²) in [7, 11) is 2.11. The second kappa shape index (κ2) is 3.15. The minimum Gasteiger partial charge on any atom is -0.370 e. The summed E-state index contributed by atoms with van der Waals surface area (Å²) in [6.07, 6.45) is 2.18. The van der Waals surface area contributed by atoms with Crippen molar-refractivity contribution in [1.29, 1.82) is 0 Å². The summed E-state index contributed by atoms with van der Waals surface area (Å²) in [6, 6.07) is 0. The van der Waals surface area contributed by atoms with Crippen LogP contribution in [0.1, 0.15) is 12.8 Å². The molecule has 0 aromatic carbocycles. The number of ketones is 1. The molecule has 2 saturated heterocycles. The Hall–Kier alpha value is -0.410. The summed E-state index contributed by atoms with van der Waals surface area (Å²) < 4.78 is 5.47. The van der Waals surface area contributed by atoms with Crippen molar-refractivity contribution in [2.45, 2.75) is 18.9 Å². The maximum absolute atomic E-state index is 11.1. The zero-order chi connectivity index (χ0) is 8.55. The maximum atomic E-state index is 11.1. The number of rotatable bonds is 0. The molecule has 68 valence electrons. The second-order valence-electron chi connectivity index (χ2n) is 3.90. The largest absolute Gasteiger partial charge is 0.370 e. The molecule has 12 heavy (non-hydrogen) atoms. The molecule has 2 aliphatic rings. The minimum absolute atomic E-state index is 0.270. The molecule has 3 nitrogen and oxygen atoms in total. The van der Waals surface area contributed by atoms with E-state index in [9.17, 15) is 4.79 Å². The van der Waals surface area contributed by atoms with Gasteiger partial charge in [0.15, 0.2) is 5.78 Å². The van der Waals surface area contributed by atoms with Gasteiger partial charge in [-0.2, -0.15) is 0 Å². The van der Waals surface area contributed by atoms with Gasteiger partial charge in [-0.25, -0.2) is 0 Å². The van der Waals surface area contributed by atoms with Gasteiger partial charge in [-0.3, -0.25) is 4.79 Å². The molecule has 0 aliphatic carbocycles. The number of Topliss-reactive ketones (excluding diaryl/α,β-unsaturated/α-hetero) is 1. The van der Waals surface area contributed by atoms with Gasteiger partial charge < -0.3 is 9.64 Å². The molecular formula is C9H15NO2. The summed E-state index contributed by atoms with van der Waals surface area (Å²) in [5, 5.41) is 0. The molecule has 0 saturated carbocycles. The number of likely N-dealkylation sites (tertiary alicyclic amines) is 1. The highest BCUT2D eigenvalue weighted by Crippen LogP contribution is 2.25. The van der Waals surface area contributed by atoms with Crippen LogP contribution >= 0.6 is 0 Å². The van der Waals surface area contributed by atoms with E-state index in [0.29, 0.717) is 18.6 Å². The van der Waals surface area contributed by atoms with E-state index in [0.717, 1.165) is 25.9 Å². The molecule has 0 N–H and O–H groups in total. The first-order valence-electron chi connectivity index (χ1n) is 4.57. The van der Waals surface area contributed by atoms with Crippen molar-refractivity contribution in [1.82, 2.24) is 4.90 Å². The van der Waals surface area contributed by atoms with Gasteiger partial charge in [0.05, 0.1) is 6.10 Å². The first-order valence-corrected chi connectivity index (χ1v) is 4.57. The molecule has 2 heterocycles. The first-order chi connectivity index (χ1) is 5.75. The van der Waals surface area contributed by atoms with Crippen molar-refractivity contribution < 1.29 is 9.53 Å². The smallest absolute Gasteiger partial charge is 0.158 e. The molecule has 3 heteroatoms. The van der Waals surface area contributed by atoms with Gasteiger partial charge in [-0.05, 0) is 13.5 Å². The molecule has 2 rings (SSSR count). The van der Waals surface area contributed by atoms with Crippen LogP contribution in [0.15, 0.2) is 0 Å². The topological polar surface area (TPSA) is 29.5 Å². The molecule has 2 fully saturated rings. The number of carbonyl (C=O) groups is 1. The number of piperidine rings is 1. The Morgan fingerprint density at radius 2 is 2.42 bits per heavy atom. The predicted octanol–water partition coefficient (Wildman–Crippen LogP) is 0.296. The van der Waals surface area contributed by atoms with E-state index in [4.69, 9.17) is 4.74 Å². The van der Waals surface area contributed by atoms with Crippen LogP contribution < -0.4 is 0 Å². The van der Waals surface area contributed by atoms with E-state index in [2.05, 4.69) is 11.9 Å². The number of hydrogen-bond donors (Lipinski definition) is 0. The lowest BCUT2D eigenvalue weighted by molar-refractivity contribution is -0.140. The summed E-state index contributed by atoms with van der Waals surface area (Å²) in [4.78, 5) is 13.4. The number of fused-ring (bicyclic) bond motifs is 1. The fraction of sp³-hybridized carbons (Fsp3) is 0.889. The molecule has 0 aromatic heterocycles. The van der Waals surface area contributed by atoms with Crippen molar-refractivity contribution in [2.75, 3.05) is 26.7 Å². The van der Waals surface area contributed by atoms with Gasteiger partial charge in [0.25, 0.3) is 0 Å². The average molecular weight is 169 g/mol. The second-order valence-corrected chi connectivity index (χ2v) is 3.90. The molecule has 0 bridgehead atoms. The van der Waals surface area contributed by atoms with Crippen molar-refractivity contribution in [3.8, 4) is 0 Å². The highest BCUT2D eigenvalue weighted by atomic mass is 16.5. The Morgan fingerprint density at radius 1 is 1.58 bits per heavy atom. The molecule has 2 atom stereocenters. The van der Waals surface area contributed by atoms with Crippen molar-refractivity contribution in [3.63, 3.8) is 0 Å². The normalized spacial score (nSPS) is 37.9. The van der Waals surface area contributed by atoms with E-state index in [1.54, 1.807) is 0 Å². The standard InChI is InChI=1S/C9H15NO2/c1-10-3-2-9-7(5-10)4-8(11)6-12-9/h7,9H,2-6H2,1H3/t7-,9-/m1/s1. The molecule has 0 aromatic rings. The molecule has 0 radical (unpaired) electrons. The van der Waals surface area contributed by atoms with Gasteiger partial charge in [-0.1, -0.05) is 0 Å². The zero-order valence-electron chi connectivity index (χ0n) is 7.45. The summed E-state index contributed by atoms with van der Waals surface area (Å²) in [5.41, 5.74) is 0. The molecule has 0 amide bonds. The lowest BCUT2D eigenvalue weighted by atomic mass is 9.88. The van der Waals surface area contributed by atoms with Gasteiger partial charge in [-0.15, -0.1) is 0 Å². The van der Waals surface area contributed by atoms with Crippen LogP contribution in [0.25, 0.3) is 0 Å². The molecule has 0 spiro atoms. The van der Waals surface area contributed by atoms with Gasteiger partial charge in [0.2, 0.25) is 0 Å². The van der Waals surface area contributed by atoms with Crippen LogP contribution in [-0.4, -0.2) is 43.5 Å². The maximum Gasteiger partial charge on any atom is 0.158 e. The van der Waals surface area contributed by atoms with Crippen molar-refractivity contribution >= 4 is 5.78 Å². The van der Waals surface area contributed by atoms with E-state index in [1.165, 1.54) is 0 Å². The summed E-state index contributed by atoms with van der Waals surface area (Å²) in [5.74, 6) is 0.733. The van der Waals surface area contributed by atoms with Crippen molar-refractivity contribution in [2.24, 2.45) is 5.92 Å². The monoisotopic (exact) mass is 169 g/mol. The van der Waals surface area contributed by atoms with Gasteiger partial charge >= 0.3 is 0 Å².